The second-order valence-corrected chi connectivity index (χ2v) is 4.18. The van der Waals surface area contributed by atoms with E-state index < -0.39 is 0 Å². The molecular weight excluding hydrogens is 162 g/mol. The summed E-state index contributed by atoms with van der Waals surface area (Å²) in [6.07, 6.45) is 5.07. The van der Waals surface area contributed by atoms with Crippen molar-refractivity contribution in [3.8, 4) is 0 Å². The molecule has 1 aliphatic rings. The van der Waals surface area contributed by atoms with Gasteiger partial charge in [0, 0.05) is 19.2 Å². The van der Waals surface area contributed by atoms with Gasteiger partial charge in [-0.2, -0.15) is 0 Å². The average molecular weight is 185 g/mol. The Kier molecular flexibility index (Phi) is 4.74. The molecule has 0 aromatic rings. The topological polar surface area (TPSA) is 23.5 Å². The predicted molar refractivity (Wildman–Crippen MR) is 55.8 cm³/mol. The van der Waals surface area contributed by atoms with E-state index in [-0.39, 0.29) is 0 Å². The summed E-state index contributed by atoms with van der Waals surface area (Å²) in [5.41, 5.74) is 0. The molecule has 1 aliphatic carbocycles. The third kappa shape index (κ3) is 2.96. The van der Waals surface area contributed by atoms with Crippen molar-refractivity contribution in [3.63, 3.8) is 0 Å². The molecule has 2 nitrogen and oxygen atoms in total. The Hall–Kier alpha value is -0.0800. The molecule has 78 valence electrons. The van der Waals surface area contributed by atoms with Crippen molar-refractivity contribution < 1.29 is 5.11 Å². The van der Waals surface area contributed by atoms with E-state index in [0.29, 0.717) is 6.61 Å². The summed E-state index contributed by atoms with van der Waals surface area (Å²) in [4.78, 5) is 2.54. The van der Waals surface area contributed by atoms with Crippen molar-refractivity contribution in [3.05, 3.63) is 0 Å². The van der Waals surface area contributed by atoms with Gasteiger partial charge in [0.2, 0.25) is 0 Å². The third-order valence-corrected chi connectivity index (χ3v) is 3.29. The molecule has 0 radical (unpaired) electrons. The summed E-state index contributed by atoms with van der Waals surface area (Å²) in [6.45, 7) is 7.12. The van der Waals surface area contributed by atoms with Gasteiger partial charge >= 0.3 is 0 Å². The zero-order valence-corrected chi connectivity index (χ0v) is 9.00. The normalized spacial score (nSPS) is 28.6. The van der Waals surface area contributed by atoms with Crippen LogP contribution in [-0.4, -0.2) is 35.7 Å². The molecule has 0 bridgehead atoms. The van der Waals surface area contributed by atoms with Gasteiger partial charge < -0.3 is 10.0 Å². The number of rotatable bonds is 5. The highest BCUT2D eigenvalue weighted by Gasteiger charge is 2.27. The van der Waals surface area contributed by atoms with Crippen LogP contribution in [0.1, 0.15) is 39.5 Å². The molecule has 2 heteroatoms. The van der Waals surface area contributed by atoms with Crippen LogP contribution in [0.4, 0.5) is 0 Å². The minimum Gasteiger partial charge on any atom is -0.396 e. The highest BCUT2D eigenvalue weighted by atomic mass is 16.3. The van der Waals surface area contributed by atoms with Gasteiger partial charge in [0.15, 0.2) is 0 Å². The largest absolute Gasteiger partial charge is 0.396 e. The first-order valence-corrected chi connectivity index (χ1v) is 5.64. The van der Waals surface area contributed by atoms with Crippen molar-refractivity contribution in [1.82, 2.24) is 4.90 Å². The van der Waals surface area contributed by atoms with Gasteiger partial charge in [-0.25, -0.2) is 0 Å². The Bertz CT molecular complexity index is 138. The summed E-state index contributed by atoms with van der Waals surface area (Å²) < 4.78 is 0. The lowest BCUT2D eigenvalue weighted by Crippen LogP contribution is -2.37. The van der Waals surface area contributed by atoms with E-state index in [1.165, 1.54) is 19.3 Å². The molecule has 1 fully saturated rings. The fraction of sp³-hybridized carbons (Fsp3) is 1.00. The van der Waals surface area contributed by atoms with Crippen LogP contribution in [0.25, 0.3) is 0 Å². The first-order chi connectivity index (χ1) is 6.29. The van der Waals surface area contributed by atoms with Gasteiger partial charge in [0.25, 0.3) is 0 Å². The van der Waals surface area contributed by atoms with Crippen molar-refractivity contribution in [2.75, 3.05) is 19.7 Å². The summed E-state index contributed by atoms with van der Waals surface area (Å²) in [5.74, 6) is 0.860. The molecule has 0 spiro atoms. The van der Waals surface area contributed by atoms with E-state index in [9.17, 15) is 0 Å². The maximum absolute atomic E-state index is 8.79. The average Bonchev–Trinajstić information content (AvgIpc) is 2.54. The number of aliphatic hydroxyl groups excluding tert-OH is 1. The zero-order valence-electron chi connectivity index (χ0n) is 9.00. The van der Waals surface area contributed by atoms with Gasteiger partial charge in [-0.05, 0) is 31.7 Å². The van der Waals surface area contributed by atoms with Crippen molar-refractivity contribution >= 4 is 0 Å². The molecule has 0 aromatic carbocycles. The number of hydrogen-bond acceptors (Lipinski definition) is 2. The Labute approximate surface area is 81.9 Å². The van der Waals surface area contributed by atoms with Crippen molar-refractivity contribution in [2.45, 2.75) is 45.6 Å². The highest BCUT2D eigenvalue weighted by Crippen LogP contribution is 2.29. The van der Waals surface area contributed by atoms with E-state index in [0.717, 1.165) is 31.5 Å². The van der Waals surface area contributed by atoms with Crippen molar-refractivity contribution in [2.24, 2.45) is 5.92 Å². The smallest absolute Gasteiger partial charge is 0.0443 e. The number of hydrogen-bond donors (Lipinski definition) is 1. The zero-order chi connectivity index (χ0) is 9.68. The summed E-state index contributed by atoms with van der Waals surface area (Å²) in [7, 11) is 0. The van der Waals surface area contributed by atoms with Crippen LogP contribution in [-0.2, 0) is 0 Å². The maximum Gasteiger partial charge on any atom is 0.0443 e. The van der Waals surface area contributed by atoms with E-state index in [2.05, 4.69) is 18.7 Å². The van der Waals surface area contributed by atoms with Gasteiger partial charge in [0.1, 0.15) is 0 Å². The van der Waals surface area contributed by atoms with Crippen LogP contribution >= 0.6 is 0 Å². The monoisotopic (exact) mass is 185 g/mol. The second-order valence-electron chi connectivity index (χ2n) is 4.18. The summed E-state index contributed by atoms with van der Waals surface area (Å²) >= 11 is 0. The number of aliphatic hydroxyl groups is 1. The molecule has 2 unspecified atom stereocenters. The molecule has 1 rings (SSSR count). The van der Waals surface area contributed by atoms with Crippen LogP contribution in [0.5, 0.6) is 0 Å². The van der Waals surface area contributed by atoms with Crippen LogP contribution in [0.2, 0.25) is 0 Å². The van der Waals surface area contributed by atoms with E-state index in [1.807, 2.05) is 0 Å². The molecule has 0 amide bonds. The van der Waals surface area contributed by atoms with Crippen LogP contribution < -0.4 is 0 Å². The lowest BCUT2D eigenvalue weighted by atomic mass is 10.0. The summed E-state index contributed by atoms with van der Waals surface area (Å²) in [6, 6.07) is 0.788. The standard InChI is InChI=1S/C11H23NO/c1-3-12(8-5-9-13)11-7-4-6-10(11)2/h10-11,13H,3-9H2,1-2H3. The Balaban J connectivity index is 2.35. The Morgan fingerprint density at radius 1 is 1.38 bits per heavy atom. The number of nitrogens with zero attached hydrogens (tertiary/aromatic N) is 1. The van der Waals surface area contributed by atoms with Gasteiger partial charge in [-0.15, -0.1) is 0 Å². The molecule has 0 aliphatic heterocycles. The van der Waals surface area contributed by atoms with E-state index in [1.54, 1.807) is 0 Å². The predicted octanol–water partition coefficient (Wildman–Crippen LogP) is 1.88. The van der Waals surface area contributed by atoms with Gasteiger partial charge in [-0.1, -0.05) is 20.3 Å². The molecule has 1 N–H and O–H groups in total. The minimum absolute atomic E-state index is 0.331. The Morgan fingerprint density at radius 3 is 2.62 bits per heavy atom. The first-order valence-electron chi connectivity index (χ1n) is 5.64. The fourth-order valence-electron chi connectivity index (χ4n) is 2.50. The summed E-state index contributed by atoms with van der Waals surface area (Å²) in [5, 5.41) is 8.79. The van der Waals surface area contributed by atoms with Gasteiger partial charge in [0.05, 0.1) is 0 Å². The minimum atomic E-state index is 0.331. The lowest BCUT2D eigenvalue weighted by molar-refractivity contribution is 0.157. The molecule has 13 heavy (non-hydrogen) atoms. The van der Waals surface area contributed by atoms with E-state index in [4.69, 9.17) is 5.11 Å². The molecular formula is C11H23NO. The molecule has 2 atom stereocenters. The molecule has 1 saturated carbocycles. The SMILES string of the molecule is CCN(CCCO)C1CCCC1C. The Morgan fingerprint density at radius 2 is 2.15 bits per heavy atom. The molecule has 0 saturated heterocycles. The molecule has 0 heterocycles. The van der Waals surface area contributed by atoms with Gasteiger partial charge in [-0.3, -0.25) is 0 Å². The van der Waals surface area contributed by atoms with E-state index >= 15 is 0 Å². The lowest BCUT2D eigenvalue weighted by Gasteiger charge is -2.30. The maximum atomic E-state index is 8.79. The third-order valence-electron chi connectivity index (χ3n) is 3.29. The van der Waals surface area contributed by atoms with Crippen molar-refractivity contribution in [1.29, 1.82) is 0 Å². The second kappa shape index (κ2) is 5.61. The van der Waals surface area contributed by atoms with Crippen LogP contribution in [0.3, 0.4) is 0 Å². The van der Waals surface area contributed by atoms with Crippen LogP contribution in [0, 0.1) is 5.92 Å². The quantitative estimate of drug-likeness (QED) is 0.707. The first kappa shape index (κ1) is 11.0. The fourth-order valence-corrected chi connectivity index (χ4v) is 2.50. The highest BCUT2D eigenvalue weighted by molar-refractivity contribution is 4.82. The van der Waals surface area contributed by atoms with Crippen LogP contribution in [0.15, 0.2) is 0 Å². The molecule has 0 aromatic heterocycles.